The first kappa shape index (κ1) is 16.2. The second-order valence-corrected chi connectivity index (χ2v) is 4.41. The van der Waals surface area contributed by atoms with Crippen LogP contribution in [-0.2, 0) is 4.79 Å². The lowest BCUT2D eigenvalue weighted by Crippen LogP contribution is -2.47. The minimum atomic E-state index is -1.15. The first-order valence-electron chi connectivity index (χ1n) is 4.00. The third kappa shape index (κ3) is 7.17. The van der Waals surface area contributed by atoms with E-state index in [0.29, 0.717) is 17.9 Å². The summed E-state index contributed by atoms with van der Waals surface area (Å²) in [6.45, 7) is 3.24. The van der Waals surface area contributed by atoms with E-state index in [1.165, 1.54) is 18.7 Å². The maximum absolute atomic E-state index is 10.6. The van der Waals surface area contributed by atoms with Crippen LogP contribution in [0.15, 0.2) is 0 Å². The van der Waals surface area contributed by atoms with Gasteiger partial charge in [0.25, 0.3) is 0 Å². The van der Waals surface area contributed by atoms with E-state index in [9.17, 15) is 4.79 Å². The number of aliphatic carboxylic acids is 1. The van der Waals surface area contributed by atoms with Gasteiger partial charge in [0, 0.05) is 11.5 Å². The second kappa shape index (κ2) is 7.09. The summed E-state index contributed by atoms with van der Waals surface area (Å²) >= 11 is 1.47. The highest BCUT2D eigenvalue weighted by Gasteiger charge is 2.27. The van der Waals surface area contributed by atoms with Crippen molar-refractivity contribution in [2.45, 2.75) is 25.8 Å². The average Bonchev–Trinajstić information content (AvgIpc) is 1.97. The van der Waals surface area contributed by atoms with Gasteiger partial charge in [0.2, 0.25) is 0 Å². The number of rotatable bonds is 6. The molecule has 0 bridgehead atoms. The summed E-state index contributed by atoms with van der Waals surface area (Å²) in [6, 6.07) is 0. The molecule has 14 heavy (non-hydrogen) atoms. The summed E-state index contributed by atoms with van der Waals surface area (Å²) in [4.78, 5) is 10.6. The molecule has 0 aromatic heterocycles. The van der Waals surface area contributed by atoms with E-state index in [4.69, 9.17) is 16.2 Å². The molecular formula is C8H17ClN2O2S. The van der Waals surface area contributed by atoms with Gasteiger partial charge in [-0.05, 0) is 26.0 Å². The number of nitrogens with one attached hydrogen (secondary N) is 1. The smallest absolute Gasteiger partial charge is 0.324 e. The largest absolute Gasteiger partial charge is 0.480 e. The summed E-state index contributed by atoms with van der Waals surface area (Å²) in [5.41, 5.74) is 4.96. The van der Waals surface area contributed by atoms with Crippen molar-refractivity contribution in [2.24, 2.45) is 5.73 Å². The van der Waals surface area contributed by atoms with Crippen LogP contribution in [0.1, 0.15) is 20.3 Å². The Morgan fingerprint density at radius 1 is 1.64 bits per heavy atom. The van der Waals surface area contributed by atoms with Crippen LogP contribution >= 0.6 is 24.2 Å². The van der Waals surface area contributed by atoms with Crippen molar-refractivity contribution in [3.8, 4) is 0 Å². The summed E-state index contributed by atoms with van der Waals surface area (Å²) in [5, 5.41) is 15.8. The molecule has 6 heteroatoms. The Hall–Kier alpha value is -0.260. The average molecular weight is 241 g/mol. The van der Waals surface area contributed by atoms with Gasteiger partial charge < -0.3 is 16.2 Å². The maximum Gasteiger partial charge on any atom is 0.324 e. The molecule has 0 aromatic rings. The molecule has 0 fully saturated rings. The van der Waals surface area contributed by atoms with Gasteiger partial charge in [-0.2, -0.15) is 11.8 Å². The molecule has 1 unspecified atom stereocenters. The number of nitrogens with two attached hydrogens (primary N) is 1. The number of carboxylic acid groups (broad SMARTS) is 1. The van der Waals surface area contributed by atoms with Crippen LogP contribution in [0, 0.1) is 5.41 Å². The van der Waals surface area contributed by atoms with Crippen LogP contribution in [-0.4, -0.2) is 33.8 Å². The van der Waals surface area contributed by atoms with Crippen molar-refractivity contribution in [1.29, 1.82) is 5.41 Å². The fourth-order valence-corrected chi connectivity index (χ4v) is 1.71. The van der Waals surface area contributed by atoms with E-state index in [1.807, 2.05) is 0 Å². The number of carbonyl (C=O) groups is 1. The molecule has 0 saturated heterocycles. The quantitative estimate of drug-likeness (QED) is 0.484. The number of hydrogen-bond acceptors (Lipinski definition) is 4. The zero-order chi connectivity index (χ0) is 10.5. The molecule has 0 spiro atoms. The van der Waals surface area contributed by atoms with Crippen LogP contribution in [0.4, 0.5) is 0 Å². The molecule has 4 nitrogen and oxygen atoms in total. The van der Waals surface area contributed by atoms with Gasteiger partial charge in [-0.1, -0.05) is 0 Å². The predicted octanol–water partition coefficient (Wildman–Crippen LogP) is 1.37. The first-order valence-corrected chi connectivity index (χ1v) is 5.16. The standard InChI is InChI=1S/C8H16N2O2S.ClH/c1-6(9)3-4-13-5-8(2,10)7(11)12;/h9H,3-5,10H2,1-2H3,(H,11,12);1H. The van der Waals surface area contributed by atoms with Crippen molar-refractivity contribution >= 4 is 35.8 Å². The monoisotopic (exact) mass is 240 g/mol. The summed E-state index contributed by atoms with van der Waals surface area (Å²) < 4.78 is 0. The Kier molecular flexibility index (Phi) is 8.19. The minimum absolute atomic E-state index is 0. The number of carboxylic acids is 1. The second-order valence-electron chi connectivity index (χ2n) is 3.31. The maximum atomic E-state index is 10.6. The molecule has 0 rings (SSSR count). The molecule has 0 aliphatic carbocycles. The summed E-state index contributed by atoms with van der Waals surface area (Å²) in [6.07, 6.45) is 0.695. The van der Waals surface area contributed by atoms with Gasteiger partial charge in [0.05, 0.1) is 0 Å². The van der Waals surface area contributed by atoms with E-state index in [2.05, 4.69) is 0 Å². The highest BCUT2D eigenvalue weighted by molar-refractivity contribution is 7.99. The molecule has 0 heterocycles. The van der Waals surface area contributed by atoms with Crippen LogP contribution in [0.25, 0.3) is 0 Å². The van der Waals surface area contributed by atoms with Crippen molar-refractivity contribution < 1.29 is 9.90 Å². The summed E-state index contributed by atoms with van der Waals surface area (Å²) in [5.74, 6) is 0.164. The van der Waals surface area contributed by atoms with E-state index < -0.39 is 11.5 Å². The van der Waals surface area contributed by atoms with Crippen LogP contribution < -0.4 is 5.73 Å². The van der Waals surface area contributed by atoms with Gasteiger partial charge >= 0.3 is 5.97 Å². The number of thioether (sulfide) groups is 1. The van der Waals surface area contributed by atoms with Crippen molar-refractivity contribution in [3.05, 3.63) is 0 Å². The zero-order valence-corrected chi connectivity index (χ0v) is 10.0. The number of hydrogen-bond donors (Lipinski definition) is 3. The van der Waals surface area contributed by atoms with Gasteiger partial charge in [-0.3, -0.25) is 4.79 Å². The fraction of sp³-hybridized carbons (Fsp3) is 0.750. The van der Waals surface area contributed by atoms with E-state index in [1.54, 1.807) is 6.92 Å². The minimum Gasteiger partial charge on any atom is -0.480 e. The molecule has 0 amide bonds. The first-order chi connectivity index (χ1) is 5.86. The molecular weight excluding hydrogens is 224 g/mol. The molecule has 1 atom stereocenters. The highest BCUT2D eigenvalue weighted by Crippen LogP contribution is 2.11. The molecule has 0 aliphatic heterocycles. The molecule has 0 aliphatic rings. The van der Waals surface area contributed by atoms with Gasteiger partial charge in [0.1, 0.15) is 5.54 Å². The summed E-state index contributed by atoms with van der Waals surface area (Å²) in [7, 11) is 0. The fourth-order valence-electron chi connectivity index (χ4n) is 0.571. The van der Waals surface area contributed by atoms with Crippen LogP contribution in [0.2, 0.25) is 0 Å². The molecule has 84 valence electrons. The lowest BCUT2D eigenvalue weighted by atomic mass is 10.1. The Labute approximate surface area is 94.6 Å². The van der Waals surface area contributed by atoms with E-state index in [0.717, 1.165) is 5.75 Å². The van der Waals surface area contributed by atoms with Crippen LogP contribution in [0.5, 0.6) is 0 Å². The molecule has 0 saturated carbocycles. The Morgan fingerprint density at radius 2 is 2.14 bits per heavy atom. The number of halogens is 1. The topological polar surface area (TPSA) is 87.2 Å². The van der Waals surface area contributed by atoms with Gasteiger partial charge in [0.15, 0.2) is 0 Å². The van der Waals surface area contributed by atoms with Crippen molar-refractivity contribution in [3.63, 3.8) is 0 Å². The SMILES string of the molecule is CC(=N)CCSCC(C)(N)C(=O)O.Cl. The molecule has 0 radical (unpaired) electrons. The molecule has 0 aromatic carbocycles. The van der Waals surface area contributed by atoms with Gasteiger partial charge in [-0.25, -0.2) is 0 Å². The van der Waals surface area contributed by atoms with Gasteiger partial charge in [-0.15, -0.1) is 12.4 Å². The predicted molar refractivity (Wildman–Crippen MR) is 62.8 cm³/mol. The van der Waals surface area contributed by atoms with E-state index in [-0.39, 0.29) is 12.4 Å². The molecule has 4 N–H and O–H groups in total. The van der Waals surface area contributed by atoms with Crippen LogP contribution in [0.3, 0.4) is 0 Å². The van der Waals surface area contributed by atoms with Crippen molar-refractivity contribution in [1.82, 2.24) is 0 Å². The Balaban J connectivity index is 0. The normalized spacial score (nSPS) is 13.9. The highest BCUT2D eigenvalue weighted by atomic mass is 35.5. The van der Waals surface area contributed by atoms with E-state index >= 15 is 0 Å². The Morgan fingerprint density at radius 3 is 2.50 bits per heavy atom. The third-order valence-corrected chi connectivity index (χ3v) is 2.81. The zero-order valence-electron chi connectivity index (χ0n) is 8.37. The Bertz CT molecular complexity index is 210. The lowest BCUT2D eigenvalue weighted by Gasteiger charge is -2.17. The third-order valence-electron chi connectivity index (χ3n) is 1.51. The lowest BCUT2D eigenvalue weighted by molar-refractivity contribution is -0.141. The van der Waals surface area contributed by atoms with Crippen molar-refractivity contribution in [2.75, 3.05) is 11.5 Å².